The maximum atomic E-state index is 15.1. The van der Waals surface area contributed by atoms with E-state index in [9.17, 15) is 9.90 Å². The van der Waals surface area contributed by atoms with Crippen molar-refractivity contribution in [2.75, 3.05) is 19.0 Å². The molecule has 2 fully saturated rings. The van der Waals surface area contributed by atoms with E-state index in [1.807, 2.05) is 19.0 Å². The zero-order valence-corrected chi connectivity index (χ0v) is 16.8. The normalized spacial score (nSPS) is 26.2. The Labute approximate surface area is 172 Å². The first-order valence-electron chi connectivity index (χ1n) is 10.1. The van der Waals surface area contributed by atoms with E-state index in [4.69, 9.17) is 4.42 Å². The fraction of sp³-hybridized carbons (Fsp3) is 0.409. The number of hydrogen-bond donors (Lipinski definition) is 1. The van der Waals surface area contributed by atoms with Gasteiger partial charge in [0.1, 0.15) is 17.5 Å². The van der Waals surface area contributed by atoms with Gasteiger partial charge in [0.05, 0.1) is 23.4 Å². The number of fused-ring (bicyclic) bond motifs is 3. The van der Waals surface area contributed by atoms with Gasteiger partial charge >= 0.3 is 0 Å². The summed E-state index contributed by atoms with van der Waals surface area (Å²) in [4.78, 5) is 16.0. The van der Waals surface area contributed by atoms with Gasteiger partial charge in [0.2, 0.25) is 0 Å². The highest BCUT2D eigenvalue weighted by molar-refractivity contribution is 5.85. The Kier molecular flexibility index (Phi) is 4.47. The molecule has 4 atom stereocenters. The van der Waals surface area contributed by atoms with Crippen LogP contribution in [-0.2, 0) is 0 Å². The van der Waals surface area contributed by atoms with Crippen molar-refractivity contribution in [3.63, 3.8) is 0 Å². The van der Waals surface area contributed by atoms with E-state index in [1.54, 1.807) is 18.2 Å². The Morgan fingerprint density at radius 3 is 2.83 bits per heavy atom. The van der Waals surface area contributed by atoms with Crippen molar-refractivity contribution < 1.29 is 13.9 Å². The molecule has 2 aliphatic rings. The number of piperidine rings is 1. The summed E-state index contributed by atoms with van der Waals surface area (Å²) < 4.78 is 20.5. The van der Waals surface area contributed by atoms with Crippen LogP contribution in [0.5, 0.6) is 5.75 Å². The molecule has 0 saturated carbocycles. The molecule has 3 aromatic rings. The average Bonchev–Trinajstić information content (AvgIpc) is 3.01. The summed E-state index contributed by atoms with van der Waals surface area (Å²) in [6.45, 7) is 0. The van der Waals surface area contributed by atoms with E-state index in [0.29, 0.717) is 34.1 Å². The van der Waals surface area contributed by atoms with Crippen LogP contribution in [0.2, 0.25) is 0 Å². The fourth-order valence-electron chi connectivity index (χ4n) is 4.90. The lowest BCUT2D eigenvalue weighted by atomic mass is 9.95. The number of halogens is 1. The molecular formula is C22H23FN4O3. The third-order valence-corrected chi connectivity index (χ3v) is 6.71. The summed E-state index contributed by atoms with van der Waals surface area (Å²) in [5.74, 6) is 0.509. The highest BCUT2D eigenvalue weighted by atomic mass is 19.1. The predicted molar refractivity (Wildman–Crippen MR) is 111 cm³/mol. The SMILES string of the molecule is CN1C2CCC1[C@H](F)[C@H](N(C)c1ccc(-c3cc4occc(=O)c4cc3O)nn1)C2. The fourth-order valence-corrected chi connectivity index (χ4v) is 4.90. The number of aromatic hydroxyl groups is 1. The van der Waals surface area contributed by atoms with Gasteiger partial charge in [-0.3, -0.25) is 9.69 Å². The zero-order chi connectivity index (χ0) is 21.0. The minimum absolute atomic E-state index is 0.0346. The summed E-state index contributed by atoms with van der Waals surface area (Å²) in [5, 5.41) is 19.2. The lowest BCUT2D eigenvalue weighted by molar-refractivity contribution is 0.0701. The van der Waals surface area contributed by atoms with E-state index in [2.05, 4.69) is 15.1 Å². The van der Waals surface area contributed by atoms with Crippen molar-refractivity contribution in [1.82, 2.24) is 15.1 Å². The zero-order valence-electron chi connectivity index (χ0n) is 16.8. The molecule has 1 aromatic carbocycles. The number of hydrogen-bond acceptors (Lipinski definition) is 7. The van der Waals surface area contributed by atoms with Crippen molar-refractivity contribution in [3.05, 3.63) is 46.8 Å². The highest BCUT2D eigenvalue weighted by Crippen LogP contribution is 2.39. The molecule has 2 aliphatic heterocycles. The third-order valence-electron chi connectivity index (χ3n) is 6.71. The minimum atomic E-state index is -0.937. The van der Waals surface area contributed by atoms with Gasteiger partial charge in [-0.1, -0.05) is 0 Å². The molecular weight excluding hydrogens is 387 g/mol. The van der Waals surface area contributed by atoms with Crippen LogP contribution in [0.15, 0.2) is 45.8 Å². The number of phenolic OH excluding ortho intramolecular Hbond substituents is 1. The summed E-state index contributed by atoms with van der Waals surface area (Å²) in [6.07, 6.45) is 3.08. The monoisotopic (exact) mass is 410 g/mol. The second-order valence-electron chi connectivity index (χ2n) is 8.25. The number of aromatic nitrogens is 2. The van der Waals surface area contributed by atoms with Crippen molar-refractivity contribution >= 4 is 16.8 Å². The summed E-state index contributed by atoms with van der Waals surface area (Å²) in [5.41, 5.74) is 0.993. The standard InChI is InChI=1S/C22H23FN4O3/c1-26-12-3-5-16(26)22(23)17(9-12)27(2)21-6-4-15(24-25-21)13-11-20-14(10-19(13)29)18(28)7-8-30-20/h4,6-8,10-12,16-17,22,29H,3,5,9H2,1-2H3/t12?,16?,17-,22+/m1/s1. The molecule has 7 nitrogen and oxygen atoms in total. The Bertz CT molecular complexity index is 1150. The van der Waals surface area contributed by atoms with Crippen LogP contribution in [0.1, 0.15) is 19.3 Å². The van der Waals surface area contributed by atoms with Crippen LogP contribution >= 0.6 is 0 Å². The van der Waals surface area contributed by atoms with Crippen LogP contribution in [0.3, 0.4) is 0 Å². The predicted octanol–water partition coefficient (Wildman–Crippen LogP) is 2.97. The van der Waals surface area contributed by atoms with Gasteiger partial charge in [-0.15, -0.1) is 10.2 Å². The molecule has 4 heterocycles. The number of benzene rings is 1. The molecule has 2 aromatic heterocycles. The summed E-state index contributed by atoms with van der Waals surface area (Å²) in [6, 6.07) is 7.91. The molecule has 0 amide bonds. The second-order valence-corrected chi connectivity index (χ2v) is 8.25. The largest absolute Gasteiger partial charge is 0.507 e. The molecule has 2 saturated heterocycles. The molecule has 0 spiro atoms. The summed E-state index contributed by atoms with van der Waals surface area (Å²) >= 11 is 0. The van der Waals surface area contributed by atoms with E-state index >= 15 is 4.39 Å². The minimum Gasteiger partial charge on any atom is -0.507 e. The number of alkyl halides is 1. The maximum Gasteiger partial charge on any atom is 0.192 e. The van der Waals surface area contributed by atoms with Gasteiger partial charge in [0.25, 0.3) is 0 Å². The van der Waals surface area contributed by atoms with Gasteiger partial charge < -0.3 is 14.4 Å². The number of nitrogens with zero attached hydrogens (tertiary/aromatic N) is 4. The first-order valence-corrected chi connectivity index (χ1v) is 10.1. The Morgan fingerprint density at radius 2 is 2.07 bits per heavy atom. The first kappa shape index (κ1) is 19.0. The van der Waals surface area contributed by atoms with Crippen molar-refractivity contribution in [3.8, 4) is 17.0 Å². The van der Waals surface area contributed by atoms with E-state index < -0.39 is 6.17 Å². The quantitative estimate of drug-likeness (QED) is 0.711. The Hall–Kier alpha value is -3.00. The Morgan fingerprint density at radius 1 is 1.23 bits per heavy atom. The van der Waals surface area contributed by atoms with Crippen LogP contribution < -0.4 is 10.3 Å². The van der Waals surface area contributed by atoms with E-state index in [0.717, 1.165) is 19.3 Å². The van der Waals surface area contributed by atoms with Gasteiger partial charge in [-0.2, -0.15) is 0 Å². The number of anilines is 1. The number of phenols is 1. The molecule has 1 N–H and O–H groups in total. The summed E-state index contributed by atoms with van der Waals surface area (Å²) in [7, 11) is 3.87. The number of rotatable bonds is 3. The van der Waals surface area contributed by atoms with Gasteiger partial charge in [0, 0.05) is 30.8 Å². The van der Waals surface area contributed by atoms with Crippen molar-refractivity contribution in [1.29, 1.82) is 0 Å². The van der Waals surface area contributed by atoms with E-state index in [-0.39, 0.29) is 23.3 Å². The second kappa shape index (κ2) is 7.05. The van der Waals surface area contributed by atoms with Crippen LogP contribution in [0.4, 0.5) is 10.2 Å². The van der Waals surface area contributed by atoms with Crippen LogP contribution in [-0.4, -0.2) is 58.6 Å². The van der Waals surface area contributed by atoms with Crippen LogP contribution in [0, 0.1) is 0 Å². The Balaban J connectivity index is 1.43. The third kappa shape index (κ3) is 2.94. The van der Waals surface area contributed by atoms with Gasteiger partial charge in [-0.25, -0.2) is 4.39 Å². The molecule has 8 heteroatoms. The maximum absolute atomic E-state index is 15.1. The van der Waals surface area contributed by atoms with E-state index in [1.165, 1.54) is 18.4 Å². The van der Waals surface area contributed by atoms with Crippen molar-refractivity contribution in [2.45, 2.75) is 43.6 Å². The molecule has 30 heavy (non-hydrogen) atoms. The average molecular weight is 410 g/mol. The van der Waals surface area contributed by atoms with Crippen LogP contribution in [0.25, 0.3) is 22.2 Å². The van der Waals surface area contributed by atoms with Gasteiger partial charge in [0.15, 0.2) is 11.2 Å². The highest BCUT2D eigenvalue weighted by Gasteiger charge is 2.47. The molecule has 156 valence electrons. The first-order chi connectivity index (χ1) is 14.4. The van der Waals surface area contributed by atoms with Crippen molar-refractivity contribution in [2.24, 2.45) is 0 Å². The molecule has 0 radical (unpaired) electrons. The molecule has 5 rings (SSSR count). The molecule has 2 bridgehead atoms. The smallest absolute Gasteiger partial charge is 0.192 e. The topological polar surface area (TPSA) is 82.7 Å². The lowest BCUT2D eigenvalue weighted by Crippen LogP contribution is -2.56. The van der Waals surface area contributed by atoms with Gasteiger partial charge in [-0.05, 0) is 50.6 Å². The molecule has 2 unspecified atom stereocenters. The lowest BCUT2D eigenvalue weighted by Gasteiger charge is -2.43. The molecule has 0 aliphatic carbocycles.